The van der Waals surface area contributed by atoms with Crippen LogP contribution in [0.2, 0.25) is 0 Å². The third kappa shape index (κ3) is 5.93. The summed E-state index contributed by atoms with van der Waals surface area (Å²) in [5.74, 6) is -0.784. The summed E-state index contributed by atoms with van der Waals surface area (Å²) in [6, 6.07) is 13.8. The van der Waals surface area contributed by atoms with E-state index in [2.05, 4.69) is 15.4 Å². The number of rotatable bonds is 7. The Bertz CT molecular complexity index is 818. The van der Waals surface area contributed by atoms with Gasteiger partial charge in [0, 0.05) is 24.8 Å². The van der Waals surface area contributed by atoms with Crippen LogP contribution in [0, 0.1) is 0 Å². The number of hydrogen-bond acceptors (Lipinski definition) is 5. The molecule has 0 saturated carbocycles. The molecule has 2 aromatic rings. The number of esters is 1. The quantitative estimate of drug-likeness (QED) is 0.728. The van der Waals surface area contributed by atoms with E-state index < -0.39 is 5.97 Å². The number of likely N-dealkylation sites (N-methyl/N-ethyl adjacent to an activating group) is 1. The van der Waals surface area contributed by atoms with Crippen molar-refractivity contribution in [1.82, 2.24) is 10.2 Å². The largest absolute Gasteiger partial charge is 0.465 e. The highest BCUT2D eigenvalue weighted by molar-refractivity contribution is 5.95. The predicted octanol–water partition coefficient (Wildman–Crippen LogP) is 1.90. The Morgan fingerprint density at radius 1 is 1.04 bits per heavy atom. The zero-order valence-corrected chi connectivity index (χ0v) is 15.6. The van der Waals surface area contributed by atoms with Crippen molar-refractivity contribution in [3.8, 4) is 0 Å². The minimum Gasteiger partial charge on any atom is -0.465 e. The van der Waals surface area contributed by atoms with E-state index in [4.69, 9.17) is 0 Å². The first-order valence-electron chi connectivity index (χ1n) is 8.40. The van der Waals surface area contributed by atoms with Gasteiger partial charge in [-0.3, -0.25) is 14.5 Å². The van der Waals surface area contributed by atoms with Crippen LogP contribution in [0.25, 0.3) is 0 Å². The molecule has 0 bridgehead atoms. The van der Waals surface area contributed by atoms with Crippen LogP contribution in [-0.4, -0.2) is 50.4 Å². The zero-order chi connectivity index (χ0) is 19.8. The van der Waals surface area contributed by atoms with Crippen molar-refractivity contribution < 1.29 is 19.1 Å². The Balaban J connectivity index is 1.90. The molecule has 0 fully saturated rings. The molecule has 0 aliphatic heterocycles. The molecule has 2 aromatic carbocycles. The van der Waals surface area contributed by atoms with Gasteiger partial charge < -0.3 is 15.4 Å². The topological polar surface area (TPSA) is 87.7 Å². The van der Waals surface area contributed by atoms with E-state index in [9.17, 15) is 14.4 Å². The molecule has 7 heteroatoms. The molecule has 0 spiro atoms. The fourth-order valence-electron chi connectivity index (χ4n) is 2.56. The number of nitrogens with one attached hydrogen (secondary N) is 2. The summed E-state index contributed by atoms with van der Waals surface area (Å²) in [7, 11) is 4.73. The first-order chi connectivity index (χ1) is 12.9. The van der Waals surface area contributed by atoms with E-state index in [-0.39, 0.29) is 18.4 Å². The molecule has 0 saturated heterocycles. The summed E-state index contributed by atoms with van der Waals surface area (Å²) in [6.07, 6.45) is 0. The predicted molar refractivity (Wildman–Crippen MR) is 103 cm³/mol. The lowest BCUT2D eigenvalue weighted by Crippen LogP contribution is -2.29. The van der Waals surface area contributed by atoms with Gasteiger partial charge >= 0.3 is 5.97 Å². The maximum atomic E-state index is 12.2. The SMILES string of the molecule is CNC(=O)c1ccc(CN(C)CC(=O)Nc2cccc(C(=O)OC)c2)cc1. The lowest BCUT2D eigenvalue weighted by Gasteiger charge is -2.16. The number of anilines is 1. The van der Waals surface area contributed by atoms with Gasteiger partial charge in [0.15, 0.2) is 0 Å². The number of amides is 2. The third-order valence-electron chi connectivity index (χ3n) is 3.88. The molecule has 2 N–H and O–H groups in total. The first kappa shape index (κ1) is 20.1. The lowest BCUT2D eigenvalue weighted by molar-refractivity contribution is -0.117. The van der Waals surface area contributed by atoms with Crippen LogP contribution >= 0.6 is 0 Å². The van der Waals surface area contributed by atoms with E-state index in [1.54, 1.807) is 43.4 Å². The van der Waals surface area contributed by atoms with Crippen LogP contribution in [0.5, 0.6) is 0 Å². The summed E-state index contributed by atoms with van der Waals surface area (Å²) in [6.45, 7) is 0.739. The zero-order valence-electron chi connectivity index (χ0n) is 15.6. The molecule has 0 unspecified atom stereocenters. The van der Waals surface area contributed by atoms with E-state index in [1.165, 1.54) is 7.11 Å². The molecule has 2 amide bonds. The van der Waals surface area contributed by atoms with Crippen LogP contribution in [0.15, 0.2) is 48.5 Å². The fourth-order valence-corrected chi connectivity index (χ4v) is 2.56. The highest BCUT2D eigenvalue weighted by Gasteiger charge is 2.10. The summed E-state index contributed by atoms with van der Waals surface area (Å²) in [5.41, 5.74) is 2.49. The number of hydrogen-bond donors (Lipinski definition) is 2. The van der Waals surface area contributed by atoms with Crippen molar-refractivity contribution in [2.24, 2.45) is 0 Å². The Morgan fingerprint density at radius 3 is 2.37 bits per heavy atom. The number of methoxy groups -OCH3 is 1. The van der Waals surface area contributed by atoms with E-state index in [0.717, 1.165) is 5.56 Å². The molecule has 2 rings (SSSR count). The van der Waals surface area contributed by atoms with Gasteiger partial charge in [-0.2, -0.15) is 0 Å². The molecular formula is C20H23N3O4. The normalized spacial score (nSPS) is 10.4. The Labute approximate surface area is 158 Å². The highest BCUT2D eigenvalue weighted by Crippen LogP contribution is 2.12. The van der Waals surface area contributed by atoms with E-state index in [1.807, 2.05) is 24.1 Å². The third-order valence-corrected chi connectivity index (χ3v) is 3.88. The van der Waals surface area contributed by atoms with Crippen molar-refractivity contribution in [2.45, 2.75) is 6.54 Å². The summed E-state index contributed by atoms with van der Waals surface area (Å²) < 4.78 is 4.67. The molecule has 0 heterocycles. The Kier molecular flexibility index (Phi) is 7.08. The molecule has 27 heavy (non-hydrogen) atoms. The maximum absolute atomic E-state index is 12.2. The average molecular weight is 369 g/mol. The number of ether oxygens (including phenoxy) is 1. The van der Waals surface area contributed by atoms with Crippen LogP contribution < -0.4 is 10.6 Å². The van der Waals surface area contributed by atoms with Crippen molar-refractivity contribution in [3.05, 3.63) is 65.2 Å². The van der Waals surface area contributed by atoms with Gasteiger partial charge in [-0.05, 0) is 42.9 Å². The maximum Gasteiger partial charge on any atom is 0.337 e. The second-order valence-electron chi connectivity index (χ2n) is 6.07. The standard InChI is InChI=1S/C20H23N3O4/c1-21-19(25)15-9-7-14(8-10-15)12-23(2)13-18(24)22-17-6-4-5-16(11-17)20(26)27-3/h4-11H,12-13H2,1-3H3,(H,21,25)(H,22,24). The number of benzene rings is 2. The molecular weight excluding hydrogens is 346 g/mol. The van der Waals surface area contributed by atoms with Crippen molar-refractivity contribution >= 4 is 23.5 Å². The second-order valence-corrected chi connectivity index (χ2v) is 6.07. The molecule has 0 aliphatic carbocycles. The van der Waals surface area contributed by atoms with Gasteiger partial charge in [0.1, 0.15) is 0 Å². The molecule has 142 valence electrons. The number of carbonyl (C=O) groups is 3. The summed E-state index contributed by atoms with van der Waals surface area (Å²) in [4.78, 5) is 37.2. The van der Waals surface area contributed by atoms with Crippen LogP contribution in [0.4, 0.5) is 5.69 Å². The van der Waals surface area contributed by atoms with Gasteiger partial charge in [-0.15, -0.1) is 0 Å². The smallest absolute Gasteiger partial charge is 0.337 e. The van der Waals surface area contributed by atoms with Crippen LogP contribution in [0.1, 0.15) is 26.3 Å². The van der Waals surface area contributed by atoms with E-state index >= 15 is 0 Å². The number of carbonyl (C=O) groups excluding carboxylic acids is 3. The lowest BCUT2D eigenvalue weighted by atomic mass is 10.1. The van der Waals surface area contributed by atoms with Crippen molar-refractivity contribution in [2.75, 3.05) is 33.1 Å². The summed E-state index contributed by atoms with van der Waals surface area (Å²) in [5, 5.41) is 5.34. The van der Waals surface area contributed by atoms with Gasteiger partial charge in [0.05, 0.1) is 19.2 Å². The van der Waals surface area contributed by atoms with Gasteiger partial charge in [0.2, 0.25) is 5.91 Å². The molecule has 7 nitrogen and oxygen atoms in total. The van der Waals surface area contributed by atoms with Crippen molar-refractivity contribution in [1.29, 1.82) is 0 Å². The van der Waals surface area contributed by atoms with Gasteiger partial charge in [-0.25, -0.2) is 4.79 Å². The van der Waals surface area contributed by atoms with Crippen LogP contribution in [0.3, 0.4) is 0 Å². The van der Waals surface area contributed by atoms with Crippen LogP contribution in [-0.2, 0) is 16.1 Å². The van der Waals surface area contributed by atoms with Gasteiger partial charge in [0.25, 0.3) is 5.91 Å². The minimum atomic E-state index is -0.455. The minimum absolute atomic E-state index is 0.136. The Hall–Kier alpha value is -3.19. The monoisotopic (exact) mass is 369 g/mol. The van der Waals surface area contributed by atoms with E-state index in [0.29, 0.717) is 23.4 Å². The molecule has 0 radical (unpaired) electrons. The second kappa shape index (κ2) is 9.49. The molecule has 0 aliphatic rings. The van der Waals surface area contributed by atoms with Crippen molar-refractivity contribution in [3.63, 3.8) is 0 Å². The highest BCUT2D eigenvalue weighted by atomic mass is 16.5. The first-order valence-corrected chi connectivity index (χ1v) is 8.40. The summed E-state index contributed by atoms with van der Waals surface area (Å²) >= 11 is 0. The molecule has 0 aromatic heterocycles. The van der Waals surface area contributed by atoms with Gasteiger partial charge in [-0.1, -0.05) is 18.2 Å². The Morgan fingerprint density at radius 2 is 1.74 bits per heavy atom. The average Bonchev–Trinajstić information content (AvgIpc) is 2.67. The molecule has 0 atom stereocenters. The number of nitrogens with zero attached hydrogens (tertiary/aromatic N) is 1. The fraction of sp³-hybridized carbons (Fsp3) is 0.250.